The highest BCUT2D eigenvalue weighted by molar-refractivity contribution is 7.91. The van der Waals surface area contributed by atoms with Crippen molar-refractivity contribution < 1.29 is 8.42 Å². The molecule has 1 N–H and O–H groups in total. The Hall–Kier alpha value is -1.48. The van der Waals surface area contributed by atoms with Gasteiger partial charge < -0.3 is 9.88 Å². The lowest BCUT2D eigenvalue weighted by molar-refractivity contribution is 0.346. The minimum atomic E-state index is -3.52. The lowest BCUT2D eigenvalue weighted by atomic mass is 10.1. The van der Waals surface area contributed by atoms with Crippen LogP contribution in [0.15, 0.2) is 27.2 Å². The minimum absolute atomic E-state index is 0.0112. The fourth-order valence-corrected chi connectivity index (χ4v) is 6.28. The molecule has 1 aliphatic rings. The second kappa shape index (κ2) is 7.26. The highest BCUT2D eigenvalue weighted by Crippen LogP contribution is 2.34. The lowest BCUT2D eigenvalue weighted by Gasteiger charge is -2.22. The van der Waals surface area contributed by atoms with E-state index < -0.39 is 10.0 Å². The number of thiophene rings is 1. The number of hydrogen-bond donors (Lipinski definition) is 1. The lowest BCUT2D eigenvalue weighted by Crippen LogP contribution is -2.38. The van der Waals surface area contributed by atoms with E-state index in [1.54, 1.807) is 13.1 Å². The molecule has 2 aromatic heterocycles. The Morgan fingerprint density at radius 1 is 1.38 bits per heavy atom. The molecular weight excluding hydrogens is 370 g/mol. The molecule has 3 rings (SSSR count). The first kappa shape index (κ1) is 19.3. The molecule has 3 heterocycles. The normalized spacial score (nSPS) is 18.7. The Balaban J connectivity index is 1.94. The molecule has 0 bridgehead atoms. The maximum atomic E-state index is 13.0. The number of hydrogen-bond acceptors (Lipinski definition) is 5. The Bertz CT molecular complexity index is 962. The van der Waals surface area contributed by atoms with E-state index in [0.29, 0.717) is 16.2 Å². The number of aryl methyl sites for hydroxylation is 2. The zero-order valence-corrected chi connectivity index (χ0v) is 17.2. The number of H-pyrrole nitrogens is 1. The average Bonchev–Trinajstić information content (AvgIpc) is 3.24. The van der Waals surface area contributed by atoms with Crippen molar-refractivity contribution in [2.45, 2.75) is 36.9 Å². The summed E-state index contributed by atoms with van der Waals surface area (Å²) in [6.45, 7) is 5.44. The number of rotatable bonds is 5. The summed E-state index contributed by atoms with van der Waals surface area (Å²) in [5, 5.41) is 0. The molecule has 6 nitrogen and oxygen atoms in total. The first-order valence-corrected chi connectivity index (χ1v) is 11.0. The number of nitrogens with zero attached hydrogens (tertiary/aromatic N) is 2. The van der Waals surface area contributed by atoms with Gasteiger partial charge in [-0.1, -0.05) is 6.92 Å². The predicted octanol–water partition coefficient (Wildman–Crippen LogP) is 2.30. The van der Waals surface area contributed by atoms with Crippen molar-refractivity contribution in [1.29, 1.82) is 0 Å². The van der Waals surface area contributed by atoms with Gasteiger partial charge in [0.2, 0.25) is 0 Å². The Morgan fingerprint density at radius 3 is 2.73 bits per heavy atom. The summed E-state index contributed by atoms with van der Waals surface area (Å²) < 4.78 is 27.8. The minimum Gasteiger partial charge on any atom is -0.326 e. The number of sulfonamides is 1. The third-order valence-electron chi connectivity index (χ3n) is 5.06. The van der Waals surface area contributed by atoms with Gasteiger partial charge in [-0.3, -0.25) is 4.79 Å². The largest absolute Gasteiger partial charge is 0.326 e. The zero-order chi connectivity index (χ0) is 19.1. The first-order chi connectivity index (χ1) is 12.2. The van der Waals surface area contributed by atoms with Crippen molar-refractivity contribution in [3.63, 3.8) is 0 Å². The molecule has 1 fully saturated rings. The summed E-state index contributed by atoms with van der Waals surface area (Å²) in [5.41, 5.74) is 2.26. The third-order valence-corrected chi connectivity index (χ3v) is 8.55. The summed E-state index contributed by atoms with van der Waals surface area (Å²) in [5.74, 6) is 0. The van der Waals surface area contributed by atoms with Gasteiger partial charge >= 0.3 is 0 Å². The van der Waals surface area contributed by atoms with E-state index in [4.69, 9.17) is 0 Å². The molecule has 0 spiro atoms. The van der Waals surface area contributed by atoms with Crippen LogP contribution in [0.1, 0.15) is 24.6 Å². The van der Waals surface area contributed by atoms with Crippen molar-refractivity contribution in [2.24, 2.45) is 0 Å². The smallest absolute Gasteiger partial charge is 0.252 e. The van der Waals surface area contributed by atoms with E-state index in [2.05, 4.69) is 9.88 Å². The van der Waals surface area contributed by atoms with Crippen molar-refractivity contribution in [1.82, 2.24) is 14.2 Å². The molecule has 0 saturated carbocycles. The molecule has 26 heavy (non-hydrogen) atoms. The molecule has 0 amide bonds. The Kier molecular flexibility index (Phi) is 5.39. The van der Waals surface area contributed by atoms with Gasteiger partial charge in [-0.2, -0.15) is 4.31 Å². The molecule has 1 saturated heterocycles. The number of pyridine rings is 1. The van der Waals surface area contributed by atoms with Crippen LogP contribution in [-0.4, -0.2) is 55.8 Å². The van der Waals surface area contributed by atoms with Gasteiger partial charge in [-0.25, -0.2) is 8.42 Å². The molecule has 1 aliphatic heterocycles. The van der Waals surface area contributed by atoms with Crippen LogP contribution in [0.4, 0.5) is 0 Å². The second-order valence-electron chi connectivity index (χ2n) is 6.86. The first-order valence-electron chi connectivity index (χ1n) is 8.73. The maximum absolute atomic E-state index is 13.0. The van der Waals surface area contributed by atoms with Crippen LogP contribution in [0.3, 0.4) is 0 Å². The van der Waals surface area contributed by atoms with Crippen molar-refractivity contribution in [2.75, 3.05) is 27.2 Å². The molecular formula is C18H25N3O3S2. The molecule has 142 valence electrons. The van der Waals surface area contributed by atoms with Crippen LogP contribution in [0, 0.1) is 6.92 Å². The topological polar surface area (TPSA) is 73.5 Å². The second-order valence-corrected chi connectivity index (χ2v) is 10.2. The highest BCUT2D eigenvalue weighted by Gasteiger charge is 2.33. The van der Waals surface area contributed by atoms with Gasteiger partial charge in [0.05, 0.1) is 0 Å². The third kappa shape index (κ3) is 3.51. The summed E-state index contributed by atoms with van der Waals surface area (Å²) in [6, 6.07) is 5.37. The van der Waals surface area contributed by atoms with Crippen LogP contribution in [-0.2, 0) is 16.4 Å². The maximum Gasteiger partial charge on any atom is 0.252 e. The van der Waals surface area contributed by atoms with Gasteiger partial charge in [0.1, 0.15) is 4.21 Å². The monoisotopic (exact) mass is 395 g/mol. The van der Waals surface area contributed by atoms with Gasteiger partial charge in [0, 0.05) is 41.3 Å². The van der Waals surface area contributed by atoms with Gasteiger partial charge in [-0.05, 0) is 51.6 Å². The molecule has 0 aromatic carbocycles. The van der Waals surface area contributed by atoms with E-state index in [-0.39, 0.29) is 11.6 Å². The Labute approximate surface area is 158 Å². The summed E-state index contributed by atoms with van der Waals surface area (Å²) in [6.07, 6.45) is 1.49. The van der Waals surface area contributed by atoms with Crippen LogP contribution in [0.2, 0.25) is 0 Å². The van der Waals surface area contributed by atoms with Crippen LogP contribution in [0.5, 0.6) is 0 Å². The van der Waals surface area contributed by atoms with Gasteiger partial charge in [-0.15, -0.1) is 11.3 Å². The molecule has 0 aliphatic carbocycles. The zero-order valence-electron chi connectivity index (χ0n) is 15.6. The molecule has 1 atom stereocenters. The summed E-state index contributed by atoms with van der Waals surface area (Å²) >= 11 is 1.25. The van der Waals surface area contributed by atoms with Gasteiger partial charge in [0.25, 0.3) is 15.6 Å². The van der Waals surface area contributed by atoms with E-state index in [0.717, 1.165) is 35.6 Å². The molecule has 0 radical (unpaired) electrons. The molecule has 8 heteroatoms. The Morgan fingerprint density at radius 2 is 2.12 bits per heavy atom. The van der Waals surface area contributed by atoms with Crippen LogP contribution in [0.25, 0.3) is 10.4 Å². The highest BCUT2D eigenvalue weighted by atomic mass is 32.2. The van der Waals surface area contributed by atoms with Crippen molar-refractivity contribution in [3.05, 3.63) is 39.8 Å². The molecule has 1 unspecified atom stereocenters. The SMILES string of the molecule is CCc1cc(-c2ccc(S(=O)(=O)N(C)C3CCN(C)C3)s2)c(C)[nH]c1=O. The number of aromatic nitrogens is 1. The fraction of sp³-hybridized carbons (Fsp3) is 0.500. The van der Waals surface area contributed by atoms with Crippen LogP contribution < -0.4 is 5.56 Å². The average molecular weight is 396 g/mol. The summed E-state index contributed by atoms with van der Waals surface area (Å²) in [7, 11) is 0.157. The van der Waals surface area contributed by atoms with Crippen molar-refractivity contribution >= 4 is 21.4 Å². The predicted molar refractivity (Wildman–Crippen MR) is 105 cm³/mol. The summed E-state index contributed by atoms with van der Waals surface area (Å²) in [4.78, 5) is 17.8. The standard InChI is InChI=1S/C18H25N3O3S2/c1-5-13-10-15(12(2)19-18(13)22)16-6-7-17(25-16)26(23,24)21(4)14-8-9-20(3)11-14/h6-7,10,14H,5,8-9,11H2,1-4H3,(H,19,22). The van der Waals surface area contributed by atoms with Crippen LogP contribution >= 0.6 is 11.3 Å². The number of likely N-dealkylation sites (tertiary alicyclic amines) is 1. The number of aromatic amines is 1. The quantitative estimate of drug-likeness (QED) is 0.843. The number of likely N-dealkylation sites (N-methyl/N-ethyl adjacent to an activating group) is 2. The fourth-order valence-electron chi connectivity index (χ4n) is 3.33. The van der Waals surface area contributed by atoms with E-state index in [1.165, 1.54) is 15.6 Å². The van der Waals surface area contributed by atoms with E-state index >= 15 is 0 Å². The molecule has 2 aromatic rings. The van der Waals surface area contributed by atoms with Crippen molar-refractivity contribution in [3.8, 4) is 10.4 Å². The number of nitrogens with one attached hydrogen (secondary N) is 1. The van der Waals surface area contributed by atoms with Gasteiger partial charge in [0.15, 0.2) is 0 Å². The van der Waals surface area contributed by atoms with E-state index in [1.807, 2.05) is 33.0 Å². The van der Waals surface area contributed by atoms with E-state index in [9.17, 15) is 13.2 Å².